The van der Waals surface area contributed by atoms with E-state index in [1.165, 1.54) is 17.7 Å². The summed E-state index contributed by atoms with van der Waals surface area (Å²) in [6.45, 7) is 1.91. The lowest BCUT2D eigenvalue weighted by Gasteiger charge is -2.22. The van der Waals surface area contributed by atoms with E-state index in [2.05, 4.69) is 57.1 Å². The Morgan fingerprint density at radius 3 is 2.96 bits per heavy atom. The molecule has 4 rings (SSSR count). The van der Waals surface area contributed by atoms with E-state index in [4.69, 9.17) is 0 Å². The van der Waals surface area contributed by atoms with Gasteiger partial charge in [-0.25, -0.2) is 4.98 Å². The lowest BCUT2D eigenvalue weighted by atomic mass is 10.0. The van der Waals surface area contributed by atoms with Crippen LogP contribution in [0.3, 0.4) is 0 Å². The molecule has 3 heterocycles. The van der Waals surface area contributed by atoms with Gasteiger partial charge in [0.15, 0.2) is 0 Å². The average molecular weight is 306 g/mol. The van der Waals surface area contributed by atoms with E-state index in [0.717, 1.165) is 30.9 Å². The highest BCUT2D eigenvalue weighted by atomic mass is 15.1. The van der Waals surface area contributed by atoms with Gasteiger partial charge in [-0.1, -0.05) is 24.3 Å². The maximum Gasteiger partial charge on any atom is 0.137 e. The van der Waals surface area contributed by atoms with Crippen molar-refractivity contribution in [2.24, 2.45) is 0 Å². The van der Waals surface area contributed by atoms with Crippen molar-refractivity contribution in [2.75, 3.05) is 18.5 Å². The first-order chi connectivity index (χ1) is 11.3. The second-order valence-electron chi connectivity index (χ2n) is 6.25. The lowest BCUT2D eigenvalue weighted by Crippen LogP contribution is -2.21. The van der Waals surface area contributed by atoms with E-state index in [1.54, 1.807) is 0 Å². The Labute approximate surface area is 136 Å². The standard InChI is InChI=1S/C19H22N4/c1-22-11-6-8-17(16-7-2-3-9-18(16)22)20-13-15-14-23-12-5-4-10-19(23)21-15/h2-5,7,9-10,12,14,17,20H,6,8,11,13H2,1H3. The van der Waals surface area contributed by atoms with E-state index in [-0.39, 0.29) is 0 Å². The van der Waals surface area contributed by atoms with Crippen LogP contribution in [0, 0.1) is 0 Å². The highest BCUT2D eigenvalue weighted by molar-refractivity contribution is 5.55. The molecular weight excluding hydrogens is 284 g/mol. The monoisotopic (exact) mass is 306 g/mol. The minimum atomic E-state index is 0.390. The van der Waals surface area contributed by atoms with Crippen LogP contribution >= 0.6 is 0 Å². The SMILES string of the molecule is CN1CCCC(NCc2cn3ccccc3n2)c2ccccc21. The van der Waals surface area contributed by atoms with Gasteiger partial charge >= 0.3 is 0 Å². The molecule has 0 saturated heterocycles. The predicted molar refractivity (Wildman–Crippen MR) is 93.7 cm³/mol. The quantitative estimate of drug-likeness (QED) is 0.805. The molecule has 1 aromatic carbocycles. The largest absolute Gasteiger partial charge is 0.374 e. The van der Waals surface area contributed by atoms with Crippen molar-refractivity contribution in [3.8, 4) is 0 Å². The molecule has 1 atom stereocenters. The Bertz CT molecular complexity index is 775. The van der Waals surface area contributed by atoms with Gasteiger partial charge in [-0.15, -0.1) is 0 Å². The van der Waals surface area contributed by atoms with E-state index in [0.29, 0.717) is 6.04 Å². The number of aromatic nitrogens is 2. The number of fused-ring (bicyclic) bond motifs is 2. The van der Waals surface area contributed by atoms with Crippen molar-refractivity contribution < 1.29 is 0 Å². The second kappa shape index (κ2) is 6.05. The zero-order valence-corrected chi connectivity index (χ0v) is 13.4. The van der Waals surface area contributed by atoms with Crippen molar-refractivity contribution in [3.63, 3.8) is 0 Å². The topological polar surface area (TPSA) is 32.6 Å². The summed E-state index contributed by atoms with van der Waals surface area (Å²) in [5, 5.41) is 3.71. The molecule has 0 radical (unpaired) electrons. The molecule has 0 spiro atoms. The number of hydrogen-bond donors (Lipinski definition) is 1. The van der Waals surface area contributed by atoms with Crippen LogP contribution in [0.25, 0.3) is 5.65 Å². The normalized spacial score (nSPS) is 18.0. The Morgan fingerprint density at radius 2 is 2.04 bits per heavy atom. The van der Waals surface area contributed by atoms with Crippen molar-refractivity contribution in [2.45, 2.75) is 25.4 Å². The fourth-order valence-electron chi connectivity index (χ4n) is 3.45. The summed E-state index contributed by atoms with van der Waals surface area (Å²) >= 11 is 0. The number of benzene rings is 1. The molecule has 1 aliphatic heterocycles. The number of para-hydroxylation sites is 1. The lowest BCUT2D eigenvalue weighted by molar-refractivity contribution is 0.493. The van der Waals surface area contributed by atoms with E-state index >= 15 is 0 Å². The molecule has 2 aromatic heterocycles. The summed E-state index contributed by atoms with van der Waals surface area (Å²) in [4.78, 5) is 7.04. The molecule has 1 unspecified atom stereocenters. The number of hydrogen-bond acceptors (Lipinski definition) is 3. The number of imidazole rings is 1. The molecule has 118 valence electrons. The Balaban J connectivity index is 1.55. The Morgan fingerprint density at radius 1 is 1.17 bits per heavy atom. The third-order valence-electron chi connectivity index (χ3n) is 4.65. The van der Waals surface area contributed by atoms with Crippen LogP contribution in [0.15, 0.2) is 54.9 Å². The van der Waals surface area contributed by atoms with Gasteiger partial charge in [0.1, 0.15) is 5.65 Å². The van der Waals surface area contributed by atoms with Crippen molar-refractivity contribution in [3.05, 3.63) is 66.1 Å². The zero-order valence-electron chi connectivity index (χ0n) is 13.4. The van der Waals surface area contributed by atoms with Gasteiger partial charge in [0, 0.05) is 44.3 Å². The van der Waals surface area contributed by atoms with Crippen LogP contribution in [0.4, 0.5) is 5.69 Å². The summed E-state index contributed by atoms with van der Waals surface area (Å²) in [5.74, 6) is 0. The van der Waals surface area contributed by atoms with E-state index in [9.17, 15) is 0 Å². The zero-order chi connectivity index (χ0) is 15.6. The van der Waals surface area contributed by atoms with Gasteiger partial charge in [0.05, 0.1) is 5.69 Å². The molecular formula is C19H22N4. The van der Waals surface area contributed by atoms with E-state index < -0.39 is 0 Å². The third-order valence-corrected chi connectivity index (χ3v) is 4.65. The summed E-state index contributed by atoms with van der Waals surface area (Å²) in [6.07, 6.45) is 6.52. The number of rotatable bonds is 3. The van der Waals surface area contributed by atoms with Crippen LogP contribution in [0.2, 0.25) is 0 Å². The highest BCUT2D eigenvalue weighted by Gasteiger charge is 2.20. The third kappa shape index (κ3) is 2.82. The average Bonchev–Trinajstić information content (AvgIpc) is 2.93. The first kappa shape index (κ1) is 14.3. The van der Waals surface area contributed by atoms with Gasteiger partial charge in [-0.05, 0) is 36.6 Å². The smallest absolute Gasteiger partial charge is 0.137 e. The first-order valence-corrected chi connectivity index (χ1v) is 8.27. The van der Waals surface area contributed by atoms with Gasteiger partial charge in [0.2, 0.25) is 0 Å². The molecule has 0 amide bonds. The fraction of sp³-hybridized carbons (Fsp3) is 0.316. The molecule has 3 aromatic rings. The maximum atomic E-state index is 4.68. The molecule has 23 heavy (non-hydrogen) atoms. The highest BCUT2D eigenvalue weighted by Crippen LogP contribution is 2.32. The van der Waals surface area contributed by atoms with Crippen LogP contribution in [-0.2, 0) is 6.54 Å². The van der Waals surface area contributed by atoms with Crippen LogP contribution < -0.4 is 10.2 Å². The summed E-state index contributed by atoms with van der Waals surface area (Å²) < 4.78 is 2.08. The molecule has 0 bridgehead atoms. The Hall–Kier alpha value is -2.33. The maximum absolute atomic E-state index is 4.68. The summed E-state index contributed by atoms with van der Waals surface area (Å²) in [6, 6.07) is 15.2. The Kier molecular flexibility index (Phi) is 3.75. The molecule has 1 aliphatic rings. The molecule has 4 nitrogen and oxygen atoms in total. The first-order valence-electron chi connectivity index (χ1n) is 8.27. The van der Waals surface area contributed by atoms with Gasteiger partial charge < -0.3 is 14.6 Å². The molecule has 0 fully saturated rings. The van der Waals surface area contributed by atoms with Crippen molar-refractivity contribution >= 4 is 11.3 Å². The molecule has 0 saturated carbocycles. The molecule has 4 heteroatoms. The number of nitrogens with zero attached hydrogens (tertiary/aromatic N) is 3. The summed E-state index contributed by atoms with van der Waals surface area (Å²) in [7, 11) is 2.18. The van der Waals surface area contributed by atoms with Crippen molar-refractivity contribution in [1.82, 2.24) is 14.7 Å². The number of pyridine rings is 1. The minimum Gasteiger partial charge on any atom is -0.374 e. The molecule has 1 N–H and O–H groups in total. The second-order valence-corrected chi connectivity index (χ2v) is 6.25. The van der Waals surface area contributed by atoms with Crippen molar-refractivity contribution in [1.29, 1.82) is 0 Å². The molecule has 0 aliphatic carbocycles. The minimum absolute atomic E-state index is 0.390. The predicted octanol–water partition coefficient (Wildman–Crippen LogP) is 3.40. The number of anilines is 1. The summed E-state index contributed by atoms with van der Waals surface area (Å²) in [5.41, 5.74) is 4.84. The number of nitrogens with one attached hydrogen (secondary N) is 1. The van der Waals surface area contributed by atoms with Gasteiger partial charge in [0.25, 0.3) is 0 Å². The van der Waals surface area contributed by atoms with Crippen LogP contribution in [-0.4, -0.2) is 23.0 Å². The van der Waals surface area contributed by atoms with Gasteiger partial charge in [-0.2, -0.15) is 0 Å². The van der Waals surface area contributed by atoms with E-state index in [1.807, 2.05) is 24.4 Å². The van der Waals surface area contributed by atoms with Crippen LogP contribution in [0.5, 0.6) is 0 Å². The van der Waals surface area contributed by atoms with Gasteiger partial charge in [-0.3, -0.25) is 0 Å². The van der Waals surface area contributed by atoms with Crippen LogP contribution in [0.1, 0.15) is 30.1 Å². The fourth-order valence-corrected chi connectivity index (χ4v) is 3.45.